The summed E-state index contributed by atoms with van der Waals surface area (Å²) in [4.78, 5) is 11.4. The highest BCUT2D eigenvalue weighted by molar-refractivity contribution is 5.77. The Balaban J connectivity index is 2.28. The fraction of sp³-hybridized carbons (Fsp3) is 0.462. The molecule has 0 aliphatic heterocycles. The average Bonchev–Trinajstić information content (AvgIpc) is 2.18. The van der Waals surface area contributed by atoms with Crippen molar-refractivity contribution in [1.29, 1.82) is 0 Å². The largest absolute Gasteiger partial charge is 0.367 e. The molecule has 0 bridgehead atoms. The van der Waals surface area contributed by atoms with Crippen LogP contribution < -0.4 is 5.32 Å². The summed E-state index contributed by atoms with van der Waals surface area (Å²) in [6, 6.07) is 6.01. The van der Waals surface area contributed by atoms with Crippen molar-refractivity contribution in [2.45, 2.75) is 32.9 Å². The predicted octanol–water partition coefficient (Wildman–Crippen LogP) is 2.26. The standard InChI is InChI=1S/C13H18FNO2/c1-13(2,3)15-12(16)9-17-8-10-4-6-11(14)7-5-10/h4-7H,8-9H2,1-3H3,(H,15,16). The molecule has 0 unspecified atom stereocenters. The van der Waals surface area contributed by atoms with Crippen molar-refractivity contribution in [3.05, 3.63) is 35.6 Å². The Hall–Kier alpha value is -1.42. The maximum Gasteiger partial charge on any atom is 0.246 e. The Morgan fingerprint density at radius 1 is 1.29 bits per heavy atom. The van der Waals surface area contributed by atoms with E-state index in [1.54, 1.807) is 12.1 Å². The van der Waals surface area contributed by atoms with Gasteiger partial charge in [-0.15, -0.1) is 0 Å². The summed E-state index contributed by atoms with van der Waals surface area (Å²) < 4.78 is 17.9. The summed E-state index contributed by atoms with van der Waals surface area (Å²) in [7, 11) is 0. The van der Waals surface area contributed by atoms with Crippen LogP contribution in [0.25, 0.3) is 0 Å². The number of carbonyl (C=O) groups excluding carboxylic acids is 1. The summed E-state index contributed by atoms with van der Waals surface area (Å²) in [5.41, 5.74) is 0.589. The third-order valence-electron chi connectivity index (χ3n) is 1.93. The van der Waals surface area contributed by atoms with Gasteiger partial charge in [-0.25, -0.2) is 4.39 Å². The van der Waals surface area contributed by atoms with Crippen LogP contribution in [0.15, 0.2) is 24.3 Å². The summed E-state index contributed by atoms with van der Waals surface area (Å²) in [5.74, 6) is -0.432. The van der Waals surface area contributed by atoms with Crippen LogP contribution in [0.3, 0.4) is 0 Å². The molecule has 4 heteroatoms. The van der Waals surface area contributed by atoms with E-state index in [-0.39, 0.29) is 23.9 Å². The molecule has 0 aliphatic carbocycles. The normalized spacial score (nSPS) is 11.3. The van der Waals surface area contributed by atoms with Crippen LogP contribution in [0.4, 0.5) is 4.39 Å². The second-order valence-electron chi connectivity index (χ2n) is 4.92. The Morgan fingerprint density at radius 3 is 2.41 bits per heavy atom. The van der Waals surface area contributed by atoms with Crippen LogP contribution in [0.5, 0.6) is 0 Å². The zero-order chi connectivity index (χ0) is 12.9. The van der Waals surface area contributed by atoms with E-state index >= 15 is 0 Å². The van der Waals surface area contributed by atoms with Gasteiger partial charge < -0.3 is 10.1 Å². The average molecular weight is 239 g/mol. The maximum atomic E-state index is 12.6. The van der Waals surface area contributed by atoms with Gasteiger partial charge in [-0.1, -0.05) is 12.1 Å². The van der Waals surface area contributed by atoms with Gasteiger partial charge >= 0.3 is 0 Å². The van der Waals surface area contributed by atoms with Crippen LogP contribution in [-0.4, -0.2) is 18.1 Å². The van der Waals surface area contributed by atoms with E-state index in [2.05, 4.69) is 5.32 Å². The summed E-state index contributed by atoms with van der Waals surface area (Å²) in [6.07, 6.45) is 0. The van der Waals surface area contributed by atoms with E-state index in [1.165, 1.54) is 12.1 Å². The van der Waals surface area contributed by atoms with Crippen LogP contribution in [0.1, 0.15) is 26.3 Å². The zero-order valence-corrected chi connectivity index (χ0v) is 10.4. The monoisotopic (exact) mass is 239 g/mol. The Morgan fingerprint density at radius 2 is 1.88 bits per heavy atom. The molecular weight excluding hydrogens is 221 g/mol. The molecule has 1 aromatic carbocycles. The van der Waals surface area contributed by atoms with E-state index < -0.39 is 0 Å². The number of nitrogens with one attached hydrogen (secondary N) is 1. The molecule has 0 saturated carbocycles. The molecular formula is C13H18FNO2. The van der Waals surface area contributed by atoms with Gasteiger partial charge in [-0.2, -0.15) is 0 Å². The lowest BCUT2D eigenvalue weighted by atomic mass is 10.1. The molecule has 1 amide bonds. The van der Waals surface area contributed by atoms with Crippen LogP contribution in [-0.2, 0) is 16.1 Å². The molecule has 1 rings (SSSR count). The third kappa shape index (κ3) is 6.02. The molecule has 0 aromatic heterocycles. The fourth-order valence-electron chi connectivity index (χ4n) is 1.30. The van der Waals surface area contributed by atoms with Crippen LogP contribution >= 0.6 is 0 Å². The Labute approximate surface area is 101 Å². The van der Waals surface area contributed by atoms with Gasteiger partial charge in [0.1, 0.15) is 12.4 Å². The molecule has 1 N–H and O–H groups in total. The zero-order valence-electron chi connectivity index (χ0n) is 10.4. The quantitative estimate of drug-likeness (QED) is 0.875. The van der Waals surface area contributed by atoms with Crippen LogP contribution in [0.2, 0.25) is 0 Å². The predicted molar refractivity (Wildman–Crippen MR) is 64.0 cm³/mol. The van der Waals surface area contributed by atoms with E-state index in [0.29, 0.717) is 6.61 Å². The Kier molecular flexibility index (Phi) is 4.63. The first-order valence-electron chi connectivity index (χ1n) is 5.50. The van der Waals surface area contributed by atoms with Gasteiger partial charge in [0.05, 0.1) is 6.61 Å². The minimum atomic E-state index is -0.278. The van der Waals surface area contributed by atoms with Gasteiger partial charge in [0.15, 0.2) is 0 Å². The lowest BCUT2D eigenvalue weighted by Crippen LogP contribution is -2.42. The molecule has 0 radical (unpaired) electrons. The SMILES string of the molecule is CC(C)(C)NC(=O)COCc1ccc(F)cc1. The highest BCUT2D eigenvalue weighted by Crippen LogP contribution is 2.04. The van der Waals surface area contributed by atoms with E-state index in [4.69, 9.17) is 4.74 Å². The Bertz CT molecular complexity index is 368. The second kappa shape index (κ2) is 5.77. The number of hydrogen-bond donors (Lipinski definition) is 1. The number of hydrogen-bond acceptors (Lipinski definition) is 2. The van der Waals surface area contributed by atoms with Crippen molar-refractivity contribution in [2.75, 3.05) is 6.61 Å². The third-order valence-corrected chi connectivity index (χ3v) is 1.93. The van der Waals surface area contributed by atoms with Crippen molar-refractivity contribution in [1.82, 2.24) is 5.32 Å². The van der Waals surface area contributed by atoms with E-state index in [1.807, 2.05) is 20.8 Å². The number of carbonyl (C=O) groups is 1. The first kappa shape index (κ1) is 13.6. The highest BCUT2D eigenvalue weighted by Gasteiger charge is 2.13. The van der Waals surface area contributed by atoms with Crippen LogP contribution in [0, 0.1) is 5.82 Å². The second-order valence-corrected chi connectivity index (χ2v) is 4.92. The first-order chi connectivity index (χ1) is 7.87. The smallest absolute Gasteiger partial charge is 0.246 e. The number of amides is 1. The minimum Gasteiger partial charge on any atom is -0.367 e. The number of ether oxygens (including phenoxy) is 1. The summed E-state index contributed by atoms with van der Waals surface area (Å²) in [5, 5.41) is 2.79. The summed E-state index contributed by atoms with van der Waals surface area (Å²) in [6.45, 7) is 6.03. The molecule has 3 nitrogen and oxygen atoms in total. The van der Waals surface area contributed by atoms with Gasteiger partial charge in [0.25, 0.3) is 0 Å². The van der Waals surface area contributed by atoms with Gasteiger partial charge in [-0.05, 0) is 38.5 Å². The molecule has 1 aromatic rings. The molecule has 0 fully saturated rings. The van der Waals surface area contributed by atoms with Crippen molar-refractivity contribution < 1.29 is 13.9 Å². The van der Waals surface area contributed by atoms with Gasteiger partial charge in [0, 0.05) is 5.54 Å². The lowest BCUT2D eigenvalue weighted by Gasteiger charge is -2.20. The lowest BCUT2D eigenvalue weighted by molar-refractivity contribution is -0.127. The summed E-state index contributed by atoms with van der Waals surface area (Å²) >= 11 is 0. The number of halogens is 1. The molecule has 17 heavy (non-hydrogen) atoms. The number of benzene rings is 1. The molecule has 0 aliphatic rings. The van der Waals surface area contributed by atoms with Gasteiger partial charge in [0.2, 0.25) is 5.91 Å². The van der Waals surface area contributed by atoms with E-state index in [9.17, 15) is 9.18 Å². The van der Waals surface area contributed by atoms with Crippen molar-refractivity contribution >= 4 is 5.91 Å². The topological polar surface area (TPSA) is 38.3 Å². The first-order valence-corrected chi connectivity index (χ1v) is 5.50. The van der Waals surface area contributed by atoms with E-state index in [0.717, 1.165) is 5.56 Å². The molecule has 94 valence electrons. The molecule has 0 atom stereocenters. The molecule has 0 saturated heterocycles. The van der Waals surface area contributed by atoms with Crippen molar-refractivity contribution in [3.8, 4) is 0 Å². The van der Waals surface area contributed by atoms with Crippen molar-refractivity contribution in [3.63, 3.8) is 0 Å². The molecule has 0 heterocycles. The minimum absolute atomic E-state index is 0.00858. The maximum absolute atomic E-state index is 12.6. The fourth-order valence-corrected chi connectivity index (χ4v) is 1.30. The molecule has 0 spiro atoms. The number of rotatable bonds is 4. The van der Waals surface area contributed by atoms with Gasteiger partial charge in [-0.3, -0.25) is 4.79 Å². The van der Waals surface area contributed by atoms with Crippen molar-refractivity contribution in [2.24, 2.45) is 0 Å². The highest BCUT2D eigenvalue weighted by atomic mass is 19.1.